The molecule has 3 N–H and O–H groups in total. The molecule has 0 aliphatic rings. The van der Waals surface area contributed by atoms with Crippen LogP contribution in [-0.4, -0.2) is 21.3 Å². The summed E-state index contributed by atoms with van der Waals surface area (Å²) in [5.74, 6) is 0. The fraction of sp³-hybridized carbons (Fsp3) is 0.600. The first kappa shape index (κ1) is 42.4. The summed E-state index contributed by atoms with van der Waals surface area (Å²) in [5, 5.41) is 0. The largest absolute Gasteiger partial charge is 0.481 e. The van der Waals surface area contributed by atoms with Crippen molar-refractivity contribution in [3.8, 4) is 0 Å². The summed E-state index contributed by atoms with van der Waals surface area (Å²) in [6.07, 6.45) is 28.2. The third kappa shape index (κ3) is 28.0. The Morgan fingerprint density at radius 3 is 1.02 bits per heavy atom. The zero-order chi connectivity index (χ0) is 33.6. The van der Waals surface area contributed by atoms with Crippen LogP contribution in [0.1, 0.15) is 132 Å². The van der Waals surface area contributed by atoms with Gasteiger partial charge in [0.1, 0.15) is 0 Å². The number of hydrogen-bond donors (Lipinski definition) is 3. The molecule has 0 saturated carbocycles. The molecule has 0 aliphatic heterocycles. The van der Waals surface area contributed by atoms with Crippen LogP contribution in [0.25, 0.3) is 0 Å². The molecule has 0 bridgehead atoms. The fourth-order valence-corrected chi connectivity index (χ4v) is 5.89. The van der Waals surface area contributed by atoms with Crippen LogP contribution in [0.15, 0.2) is 81.5 Å². The highest BCUT2D eigenvalue weighted by Gasteiger charge is 2.31. The van der Waals surface area contributed by atoms with Crippen LogP contribution < -0.4 is 0 Å². The van der Waals surface area contributed by atoms with Crippen LogP contribution in [-0.2, 0) is 18.0 Å². The molecule has 0 aromatic heterocycles. The first-order valence-corrected chi connectivity index (χ1v) is 18.8. The van der Waals surface area contributed by atoms with Gasteiger partial charge in [-0.15, -0.1) is 0 Å². The van der Waals surface area contributed by atoms with Crippen molar-refractivity contribution in [3.63, 3.8) is 0 Å². The third-order valence-electron chi connectivity index (χ3n) is 7.13. The van der Waals surface area contributed by atoms with E-state index in [1.807, 2.05) is 6.92 Å². The number of rotatable bonds is 23. The van der Waals surface area contributed by atoms with Crippen molar-refractivity contribution in [1.29, 1.82) is 0 Å². The summed E-state index contributed by atoms with van der Waals surface area (Å²) in [7, 11) is -9.89. The Labute approximate surface area is 268 Å². The van der Waals surface area contributed by atoms with Crippen molar-refractivity contribution in [2.45, 2.75) is 132 Å². The van der Waals surface area contributed by atoms with Crippen LogP contribution >= 0.6 is 15.6 Å². The topological polar surface area (TPSA) is 113 Å². The number of phosphoric ester groups is 1. The van der Waals surface area contributed by atoms with Gasteiger partial charge in [-0.3, -0.25) is 4.52 Å². The maximum Gasteiger partial charge on any atom is 0.481 e. The van der Waals surface area contributed by atoms with Crippen molar-refractivity contribution in [1.82, 2.24) is 0 Å². The van der Waals surface area contributed by atoms with E-state index in [0.29, 0.717) is 0 Å². The molecule has 0 saturated heterocycles. The summed E-state index contributed by atoms with van der Waals surface area (Å²) in [6.45, 7) is 17.0. The Hall–Kier alpha value is -1.56. The predicted molar refractivity (Wildman–Crippen MR) is 186 cm³/mol. The van der Waals surface area contributed by atoms with E-state index in [9.17, 15) is 14.0 Å². The van der Waals surface area contributed by atoms with Gasteiger partial charge in [-0.2, -0.15) is 4.31 Å². The van der Waals surface area contributed by atoms with E-state index in [4.69, 9.17) is 9.79 Å². The van der Waals surface area contributed by atoms with Crippen LogP contribution in [0.5, 0.6) is 0 Å². The maximum absolute atomic E-state index is 11.4. The van der Waals surface area contributed by atoms with E-state index < -0.39 is 15.6 Å². The van der Waals surface area contributed by atoms with Crippen molar-refractivity contribution in [3.05, 3.63) is 81.5 Å². The van der Waals surface area contributed by atoms with E-state index in [1.54, 1.807) is 6.08 Å². The molecule has 0 heterocycles. The van der Waals surface area contributed by atoms with Crippen molar-refractivity contribution in [2.24, 2.45) is 0 Å². The maximum atomic E-state index is 11.4. The fourth-order valence-electron chi connectivity index (χ4n) is 4.36. The summed E-state index contributed by atoms with van der Waals surface area (Å²) < 4.78 is 30.4. The Morgan fingerprint density at radius 1 is 0.477 bits per heavy atom. The average Bonchev–Trinajstić information content (AvgIpc) is 2.87. The predicted octanol–water partition coefficient (Wildman–Crippen LogP) is 11.5. The Balaban J connectivity index is 4.26. The summed E-state index contributed by atoms with van der Waals surface area (Å²) >= 11 is 0. The van der Waals surface area contributed by atoms with Gasteiger partial charge >= 0.3 is 15.6 Å². The molecule has 0 aromatic rings. The van der Waals surface area contributed by atoms with Gasteiger partial charge in [0.15, 0.2) is 0 Å². The molecule has 1 unspecified atom stereocenters. The Kier molecular flexibility index (Phi) is 22.9. The molecule has 1 atom stereocenters. The highest BCUT2D eigenvalue weighted by atomic mass is 31.3. The SMILES string of the molecule is CC(C)=CCC/C(C)=C/CC/C(C)=C\CC/C(C)=C\CC/C(C)=C\CC/C(C)=C\CC/C(C)=C\COP(=O)(O)OP(=O)(O)O. The van der Waals surface area contributed by atoms with Crippen LogP contribution in [0, 0.1) is 0 Å². The number of hydrogen-bond acceptors (Lipinski definition) is 4. The zero-order valence-corrected chi connectivity index (χ0v) is 30.4. The number of phosphoric acid groups is 2. The van der Waals surface area contributed by atoms with Crippen molar-refractivity contribution < 1.29 is 32.6 Å². The highest BCUT2D eigenvalue weighted by molar-refractivity contribution is 7.60. The zero-order valence-electron chi connectivity index (χ0n) is 28.6. The lowest BCUT2D eigenvalue weighted by Gasteiger charge is -2.11. The van der Waals surface area contributed by atoms with Gasteiger partial charge in [0.05, 0.1) is 6.61 Å². The Morgan fingerprint density at radius 2 is 0.750 bits per heavy atom. The minimum Gasteiger partial charge on any atom is -0.302 e. The van der Waals surface area contributed by atoms with E-state index in [1.165, 1.54) is 33.4 Å². The minimum atomic E-state index is -5.10. The molecule has 0 aromatic carbocycles. The van der Waals surface area contributed by atoms with Gasteiger partial charge in [0.2, 0.25) is 0 Å². The van der Waals surface area contributed by atoms with E-state index in [-0.39, 0.29) is 6.61 Å². The molecule has 0 amide bonds. The number of allylic oxidation sites excluding steroid dienone is 13. The molecule has 44 heavy (non-hydrogen) atoms. The average molecular weight is 655 g/mol. The van der Waals surface area contributed by atoms with Gasteiger partial charge in [-0.1, -0.05) is 81.5 Å². The van der Waals surface area contributed by atoms with E-state index >= 15 is 0 Å². The lowest BCUT2D eigenvalue weighted by Crippen LogP contribution is -1.94. The standard InChI is InChI=1S/C35H60O7P2/c1-29(2)15-9-16-30(3)17-10-18-31(4)19-11-20-32(5)21-12-22-33(6)23-13-24-34(7)25-14-26-35(8)27-28-41-44(39,40)42-43(36,37)38/h15,17,19,21,23,25,27H,9-14,16,18,20,22,24,26,28H2,1-8H3,(H,39,40)(H2,36,37,38)/b30-17+,31-19-,32-21-,33-23-,34-25-,35-27-. The van der Waals surface area contributed by atoms with Gasteiger partial charge in [0, 0.05) is 0 Å². The summed E-state index contributed by atoms with van der Waals surface area (Å²) in [4.78, 5) is 26.5. The monoisotopic (exact) mass is 654 g/mol. The molecule has 9 heteroatoms. The van der Waals surface area contributed by atoms with Crippen LogP contribution in [0.3, 0.4) is 0 Å². The van der Waals surface area contributed by atoms with Gasteiger partial charge in [-0.05, 0) is 132 Å². The van der Waals surface area contributed by atoms with Gasteiger partial charge in [-0.25, -0.2) is 9.13 Å². The molecule has 0 aliphatic carbocycles. The first-order chi connectivity index (χ1) is 20.5. The molecular formula is C35H60O7P2. The molecule has 7 nitrogen and oxygen atoms in total. The molecule has 0 radical (unpaired) electrons. The van der Waals surface area contributed by atoms with E-state index in [0.717, 1.165) is 82.6 Å². The van der Waals surface area contributed by atoms with Crippen LogP contribution in [0.2, 0.25) is 0 Å². The highest BCUT2D eigenvalue weighted by Crippen LogP contribution is 2.57. The Bertz CT molecular complexity index is 1160. The minimum absolute atomic E-state index is 0.271. The second-order valence-corrected chi connectivity index (χ2v) is 15.0. The van der Waals surface area contributed by atoms with Crippen molar-refractivity contribution >= 4 is 15.6 Å². The summed E-state index contributed by atoms with van der Waals surface area (Å²) in [5.41, 5.74) is 9.52. The molecular weight excluding hydrogens is 594 g/mol. The third-order valence-corrected chi connectivity index (χ3v) is 9.28. The second kappa shape index (κ2) is 23.7. The molecule has 0 spiro atoms. The lowest BCUT2D eigenvalue weighted by atomic mass is 10.0. The second-order valence-electron chi connectivity index (χ2n) is 12.2. The van der Waals surface area contributed by atoms with E-state index in [2.05, 4.69) is 93.8 Å². The molecule has 252 valence electrons. The summed E-state index contributed by atoms with van der Waals surface area (Å²) in [6, 6.07) is 0. The lowest BCUT2D eigenvalue weighted by molar-refractivity contribution is 0.191. The van der Waals surface area contributed by atoms with Crippen LogP contribution in [0.4, 0.5) is 0 Å². The normalized spacial score (nSPS) is 15.9. The quantitative estimate of drug-likeness (QED) is 0.0742. The first-order valence-electron chi connectivity index (χ1n) is 15.8. The van der Waals surface area contributed by atoms with Gasteiger partial charge < -0.3 is 14.7 Å². The van der Waals surface area contributed by atoms with Crippen molar-refractivity contribution in [2.75, 3.05) is 6.61 Å². The molecule has 0 fully saturated rings. The molecule has 0 rings (SSSR count). The van der Waals surface area contributed by atoms with Gasteiger partial charge in [0.25, 0.3) is 0 Å². The smallest absolute Gasteiger partial charge is 0.302 e.